The molecule has 1 N–H and O–H groups in total. The van der Waals surface area contributed by atoms with E-state index in [1.807, 2.05) is 25.1 Å². The maximum atomic E-state index is 11.9. The van der Waals surface area contributed by atoms with Gasteiger partial charge in [-0.25, -0.2) is 4.79 Å². The Morgan fingerprint density at radius 1 is 1.38 bits per heavy atom. The fraction of sp³-hybridized carbons (Fsp3) is 0.222. The predicted octanol–water partition coefficient (Wildman–Crippen LogP) is 3.61. The van der Waals surface area contributed by atoms with Crippen molar-refractivity contribution in [3.05, 3.63) is 64.0 Å². The molecule has 24 heavy (non-hydrogen) atoms. The van der Waals surface area contributed by atoms with E-state index in [4.69, 9.17) is 9.15 Å². The molecule has 1 amide bonds. The van der Waals surface area contributed by atoms with Crippen LogP contribution in [-0.4, -0.2) is 18.0 Å². The summed E-state index contributed by atoms with van der Waals surface area (Å²) in [6, 6.07) is 9.27. The lowest BCUT2D eigenvalue weighted by atomic mass is 10.1. The lowest BCUT2D eigenvalue weighted by Crippen LogP contribution is -2.35. The molecule has 0 unspecified atom stereocenters. The van der Waals surface area contributed by atoms with Crippen LogP contribution in [0, 0.1) is 6.92 Å². The van der Waals surface area contributed by atoms with Gasteiger partial charge in [0, 0.05) is 10.5 Å². The van der Waals surface area contributed by atoms with Crippen molar-refractivity contribution in [3.8, 4) is 0 Å². The standard InChI is InChI=1S/C18H18BrNO4/c1-12-5-6-14(16(19)10-12)7-8-17(21)24-13(2)18(22)20-11-15-4-3-9-23-15/h3-10,13H,11H2,1-2H3,(H,20,22)/b8-7+/t13-/m0/s1. The van der Waals surface area contributed by atoms with E-state index < -0.39 is 12.1 Å². The molecular formula is C18H18BrNO4. The van der Waals surface area contributed by atoms with Crippen molar-refractivity contribution in [3.63, 3.8) is 0 Å². The summed E-state index contributed by atoms with van der Waals surface area (Å²) in [6.07, 6.45) is 3.57. The number of hydrogen-bond donors (Lipinski definition) is 1. The summed E-state index contributed by atoms with van der Waals surface area (Å²) in [5, 5.41) is 2.64. The van der Waals surface area contributed by atoms with Crippen molar-refractivity contribution >= 4 is 33.9 Å². The van der Waals surface area contributed by atoms with E-state index in [9.17, 15) is 9.59 Å². The van der Waals surface area contributed by atoms with Crippen LogP contribution in [0.25, 0.3) is 6.08 Å². The highest BCUT2D eigenvalue weighted by molar-refractivity contribution is 9.10. The number of rotatable bonds is 6. The molecule has 0 fully saturated rings. The van der Waals surface area contributed by atoms with Gasteiger partial charge >= 0.3 is 5.97 Å². The fourth-order valence-corrected chi connectivity index (χ4v) is 2.55. The van der Waals surface area contributed by atoms with Crippen LogP contribution in [0.4, 0.5) is 0 Å². The van der Waals surface area contributed by atoms with Crippen molar-refractivity contribution < 1.29 is 18.7 Å². The van der Waals surface area contributed by atoms with Crippen molar-refractivity contribution in [1.82, 2.24) is 5.32 Å². The average Bonchev–Trinajstić information content (AvgIpc) is 3.05. The third-order valence-corrected chi connectivity index (χ3v) is 3.92. The molecule has 1 atom stereocenters. The number of ether oxygens (including phenoxy) is 1. The van der Waals surface area contributed by atoms with E-state index in [0.717, 1.165) is 15.6 Å². The zero-order valence-electron chi connectivity index (χ0n) is 13.4. The number of carbonyl (C=O) groups is 2. The van der Waals surface area contributed by atoms with Crippen LogP contribution < -0.4 is 5.32 Å². The Morgan fingerprint density at radius 2 is 2.17 bits per heavy atom. The van der Waals surface area contributed by atoms with Gasteiger partial charge in [-0.15, -0.1) is 0 Å². The molecule has 1 aromatic heterocycles. The summed E-state index contributed by atoms with van der Waals surface area (Å²) in [5.74, 6) is -0.334. The second kappa shape index (κ2) is 8.49. The minimum Gasteiger partial charge on any atom is -0.467 e. The van der Waals surface area contributed by atoms with E-state index in [0.29, 0.717) is 5.76 Å². The summed E-state index contributed by atoms with van der Waals surface area (Å²) < 4.78 is 11.1. The minimum atomic E-state index is -0.890. The summed E-state index contributed by atoms with van der Waals surface area (Å²) in [6.45, 7) is 3.75. The third-order valence-electron chi connectivity index (χ3n) is 3.23. The highest BCUT2D eigenvalue weighted by Gasteiger charge is 2.16. The molecule has 2 rings (SSSR count). The number of amides is 1. The molecule has 0 saturated heterocycles. The minimum absolute atomic E-state index is 0.250. The molecule has 0 aliphatic heterocycles. The van der Waals surface area contributed by atoms with E-state index in [1.54, 1.807) is 18.2 Å². The molecule has 0 spiro atoms. The van der Waals surface area contributed by atoms with E-state index in [2.05, 4.69) is 21.2 Å². The van der Waals surface area contributed by atoms with Crippen molar-refractivity contribution in [2.75, 3.05) is 0 Å². The summed E-state index contributed by atoms with van der Waals surface area (Å²) in [5.41, 5.74) is 1.97. The molecule has 0 bridgehead atoms. The lowest BCUT2D eigenvalue weighted by Gasteiger charge is -2.11. The molecule has 0 radical (unpaired) electrons. The molecule has 1 aromatic carbocycles. The Labute approximate surface area is 148 Å². The van der Waals surface area contributed by atoms with E-state index in [-0.39, 0.29) is 12.5 Å². The topological polar surface area (TPSA) is 68.5 Å². The van der Waals surface area contributed by atoms with Crippen molar-refractivity contribution in [2.45, 2.75) is 26.5 Å². The zero-order valence-corrected chi connectivity index (χ0v) is 15.0. The highest BCUT2D eigenvalue weighted by Crippen LogP contribution is 2.19. The van der Waals surface area contributed by atoms with Gasteiger partial charge in [-0.3, -0.25) is 4.79 Å². The first-order valence-corrected chi connectivity index (χ1v) is 8.20. The van der Waals surface area contributed by atoms with E-state index in [1.165, 1.54) is 19.3 Å². The van der Waals surface area contributed by atoms with Crippen LogP contribution in [0.5, 0.6) is 0 Å². The van der Waals surface area contributed by atoms with Gasteiger partial charge in [0.25, 0.3) is 5.91 Å². The van der Waals surface area contributed by atoms with Gasteiger partial charge in [0.1, 0.15) is 5.76 Å². The van der Waals surface area contributed by atoms with Gasteiger partial charge in [-0.05, 0) is 49.2 Å². The van der Waals surface area contributed by atoms with Gasteiger partial charge in [0.05, 0.1) is 12.8 Å². The first-order chi connectivity index (χ1) is 11.5. The van der Waals surface area contributed by atoms with Crippen molar-refractivity contribution in [2.24, 2.45) is 0 Å². The fourth-order valence-electron chi connectivity index (χ4n) is 1.92. The number of esters is 1. The number of nitrogens with one attached hydrogen (secondary N) is 1. The van der Waals surface area contributed by atoms with Gasteiger partial charge < -0.3 is 14.5 Å². The number of aryl methyl sites for hydroxylation is 1. The Balaban J connectivity index is 1.84. The van der Waals surface area contributed by atoms with Crippen LogP contribution in [0.2, 0.25) is 0 Å². The molecule has 1 heterocycles. The lowest BCUT2D eigenvalue weighted by molar-refractivity contribution is -0.150. The zero-order chi connectivity index (χ0) is 17.5. The van der Waals surface area contributed by atoms with Crippen LogP contribution in [0.15, 0.2) is 51.6 Å². The molecule has 0 aliphatic rings. The smallest absolute Gasteiger partial charge is 0.331 e. The Kier molecular flexibility index (Phi) is 6.37. The number of halogens is 1. The number of hydrogen-bond acceptors (Lipinski definition) is 4. The Morgan fingerprint density at radius 3 is 2.83 bits per heavy atom. The first kappa shape index (κ1) is 18.0. The molecular weight excluding hydrogens is 374 g/mol. The molecule has 5 nitrogen and oxygen atoms in total. The quantitative estimate of drug-likeness (QED) is 0.603. The highest BCUT2D eigenvalue weighted by atomic mass is 79.9. The maximum absolute atomic E-state index is 11.9. The average molecular weight is 392 g/mol. The van der Waals surface area contributed by atoms with Crippen LogP contribution in [0.3, 0.4) is 0 Å². The van der Waals surface area contributed by atoms with Gasteiger partial charge in [-0.1, -0.05) is 28.1 Å². The molecule has 0 aliphatic carbocycles. The summed E-state index contributed by atoms with van der Waals surface area (Å²) in [4.78, 5) is 23.7. The summed E-state index contributed by atoms with van der Waals surface area (Å²) in [7, 11) is 0. The SMILES string of the molecule is Cc1ccc(/C=C/C(=O)O[C@@H](C)C(=O)NCc2ccco2)c(Br)c1. The monoisotopic (exact) mass is 391 g/mol. The normalized spacial score (nSPS) is 12.1. The summed E-state index contributed by atoms with van der Waals surface area (Å²) >= 11 is 3.43. The number of furan rings is 1. The molecule has 2 aromatic rings. The second-order valence-electron chi connectivity index (χ2n) is 5.23. The van der Waals surface area contributed by atoms with Crippen LogP contribution in [-0.2, 0) is 20.9 Å². The first-order valence-electron chi connectivity index (χ1n) is 7.40. The number of carbonyl (C=O) groups excluding carboxylic acids is 2. The van der Waals surface area contributed by atoms with Gasteiger partial charge in [0.2, 0.25) is 0 Å². The molecule has 0 saturated carbocycles. The third kappa shape index (κ3) is 5.38. The molecule has 6 heteroatoms. The second-order valence-corrected chi connectivity index (χ2v) is 6.09. The van der Waals surface area contributed by atoms with Crippen molar-refractivity contribution in [1.29, 1.82) is 0 Å². The van der Waals surface area contributed by atoms with Crippen LogP contribution >= 0.6 is 15.9 Å². The maximum Gasteiger partial charge on any atom is 0.331 e. The van der Waals surface area contributed by atoms with Crippen LogP contribution in [0.1, 0.15) is 23.8 Å². The predicted molar refractivity (Wildman–Crippen MR) is 94.0 cm³/mol. The van der Waals surface area contributed by atoms with Gasteiger partial charge in [-0.2, -0.15) is 0 Å². The van der Waals surface area contributed by atoms with Gasteiger partial charge in [0.15, 0.2) is 6.10 Å². The molecule has 126 valence electrons. The Hall–Kier alpha value is -2.34. The number of benzene rings is 1. The van der Waals surface area contributed by atoms with E-state index >= 15 is 0 Å². The largest absolute Gasteiger partial charge is 0.467 e. The Bertz CT molecular complexity index is 737.